The number of amides is 1. The molecule has 0 radical (unpaired) electrons. The lowest BCUT2D eigenvalue weighted by atomic mass is 10.2. The number of carbonyl (C=O) groups is 1. The Morgan fingerprint density at radius 3 is 2.45 bits per heavy atom. The van der Waals surface area contributed by atoms with Gasteiger partial charge in [-0.2, -0.15) is 4.31 Å². The summed E-state index contributed by atoms with van der Waals surface area (Å²) < 4.78 is 39.9. The maximum Gasteiger partial charge on any atom is 0.258 e. The van der Waals surface area contributed by atoms with E-state index in [1.54, 1.807) is 35.0 Å². The zero-order valence-electron chi connectivity index (χ0n) is 18.1. The monoisotopic (exact) mass is 473 g/mol. The number of sulfonamides is 1. The van der Waals surface area contributed by atoms with Crippen molar-refractivity contribution < 1.29 is 17.6 Å². The lowest BCUT2D eigenvalue weighted by molar-refractivity contribution is -0.133. The lowest BCUT2D eigenvalue weighted by Crippen LogP contribution is -2.52. The second kappa shape index (κ2) is 9.38. The van der Waals surface area contributed by atoms with Gasteiger partial charge in [0.15, 0.2) is 0 Å². The van der Waals surface area contributed by atoms with Crippen LogP contribution in [0.1, 0.15) is 5.82 Å². The molecule has 0 unspecified atom stereocenters. The van der Waals surface area contributed by atoms with Crippen LogP contribution >= 0.6 is 0 Å². The van der Waals surface area contributed by atoms with Crippen molar-refractivity contribution in [3.63, 3.8) is 0 Å². The van der Waals surface area contributed by atoms with E-state index < -0.39 is 15.8 Å². The zero-order valence-corrected chi connectivity index (χ0v) is 18.9. The summed E-state index contributed by atoms with van der Waals surface area (Å²) in [6.07, 6.45) is 0. The Hall–Kier alpha value is -3.15. The highest BCUT2D eigenvalue weighted by molar-refractivity contribution is 7.89. The van der Waals surface area contributed by atoms with Crippen molar-refractivity contribution in [3.8, 4) is 0 Å². The predicted octanol–water partition coefficient (Wildman–Crippen LogP) is 1.03. The first-order chi connectivity index (χ1) is 15.7. The molecule has 3 aromatic rings. The van der Waals surface area contributed by atoms with Crippen LogP contribution in [0.15, 0.2) is 58.2 Å². The second-order valence-corrected chi connectivity index (χ2v) is 9.88. The Balaban J connectivity index is 1.33. The summed E-state index contributed by atoms with van der Waals surface area (Å²) in [5, 5.41) is 0.508. The molecule has 1 aromatic heterocycles. The summed E-state index contributed by atoms with van der Waals surface area (Å²) in [6.45, 7) is 1.23. The Kier molecular flexibility index (Phi) is 6.54. The van der Waals surface area contributed by atoms with E-state index in [0.717, 1.165) is 12.1 Å². The Morgan fingerprint density at radius 2 is 1.76 bits per heavy atom. The molecule has 2 aromatic carbocycles. The number of para-hydroxylation sites is 1. The van der Waals surface area contributed by atoms with E-state index in [-0.39, 0.29) is 55.6 Å². The van der Waals surface area contributed by atoms with Crippen LogP contribution < -0.4 is 5.56 Å². The molecule has 1 saturated heterocycles. The number of rotatable bonds is 6. The molecule has 0 atom stereocenters. The molecule has 0 saturated carbocycles. The number of nitrogens with one attached hydrogen (secondary N) is 1. The quantitative estimate of drug-likeness (QED) is 0.573. The Bertz CT molecular complexity index is 1320. The zero-order chi connectivity index (χ0) is 23.6. The predicted molar refractivity (Wildman–Crippen MR) is 120 cm³/mol. The fourth-order valence-electron chi connectivity index (χ4n) is 3.79. The number of likely N-dealkylation sites (N-methyl/N-ethyl adjacent to an activating group) is 1. The summed E-state index contributed by atoms with van der Waals surface area (Å²) in [6, 6.07) is 11.7. The van der Waals surface area contributed by atoms with Crippen LogP contribution in [0, 0.1) is 5.82 Å². The van der Waals surface area contributed by atoms with Crippen molar-refractivity contribution in [2.45, 2.75) is 11.4 Å². The summed E-state index contributed by atoms with van der Waals surface area (Å²) >= 11 is 0. The lowest BCUT2D eigenvalue weighted by Gasteiger charge is -2.34. The van der Waals surface area contributed by atoms with Crippen molar-refractivity contribution >= 4 is 26.8 Å². The molecular formula is C22H24FN5O4S. The maximum atomic E-state index is 13.1. The van der Waals surface area contributed by atoms with Crippen LogP contribution in [-0.2, 0) is 21.4 Å². The van der Waals surface area contributed by atoms with Gasteiger partial charge in [-0.1, -0.05) is 12.1 Å². The van der Waals surface area contributed by atoms with Gasteiger partial charge in [-0.15, -0.1) is 0 Å². The topological polar surface area (TPSA) is 107 Å². The number of hydrogen-bond donors (Lipinski definition) is 1. The first-order valence-corrected chi connectivity index (χ1v) is 11.9. The molecular weight excluding hydrogens is 449 g/mol. The molecule has 2 heterocycles. The number of hydrogen-bond acceptors (Lipinski definition) is 6. The van der Waals surface area contributed by atoms with Gasteiger partial charge in [-0.25, -0.2) is 17.8 Å². The SMILES string of the molecule is CN(CC(=O)N1CCN(S(=O)(=O)c2ccc(F)cc2)CC1)Cc1nc2ccccc2c(=O)[nH]1. The van der Waals surface area contributed by atoms with Gasteiger partial charge in [0, 0.05) is 26.2 Å². The van der Waals surface area contributed by atoms with Crippen LogP contribution in [0.4, 0.5) is 4.39 Å². The Labute approximate surface area is 190 Å². The molecule has 1 aliphatic heterocycles. The van der Waals surface area contributed by atoms with E-state index in [2.05, 4.69) is 9.97 Å². The highest BCUT2D eigenvalue weighted by atomic mass is 32.2. The smallest absolute Gasteiger partial charge is 0.258 e. The van der Waals surface area contributed by atoms with Crippen molar-refractivity contribution in [2.24, 2.45) is 0 Å². The number of H-pyrrole nitrogens is 1. The minimum atomic E-state index is -3.74. The van der Waals surface area contributed by atoms with E-state index in [1.165, 1.54) is 16.4 Å². The Morgan fingerprint density at radius 1 is 1.09 bits per heavy atom. The first kappa shape index (κ1) is 23.0. The first-order valence-electron chi connectivity index (χ1n) is 10.4. The fraction of sp³-hybridized carbons (Fsp3) is 0.318. The van der Waals surface area contributed by atoms with E-state index >= 15 is 0 Å². The largest absolute Gasteiger partial charge is 0.339 e. The third kappa shape index (κ3) is 5.10. The highest BCUT2D eigenvalue weighted by Crippen LogP contribution is 2.18. The van der Waals surface area contributed by atoms with Crippen LogP contribution in [-0.4, -0.2) is 78.2 Å². The van der Waals surface area contributed by atoms with E-state index in [0.29, 0.717) is 16.7 Å². The van der Waals surface area contributed by atoms with E-state index in [9.17, 15) is 22.4 Å². The number of carbonyl (C=O) groups excluding carboxylic acids is 1. The molecule has 9 nitrogen and oxygen atoms in total. The molecule has 0 spiro atoms. The third-order valence-corrected chi connectivity index (χ3v) is 7.44. The summed E-state index contributed by atoms with van der Waals surface area (Å²) in [4.78, 5) is 35.5. The molecule has 33 heavy (non-hydrogen) atoms. The number of halogens is 1. The normalized spacial score (nSPS) is 15.3. The second-order valence-electron chi connectivity index (χ2n) is 7.94. The number of aromatic nitrogens is 2. The average molecular weight is 474 g/mol. The number of benzene rings is 2. The molecule has 1 N–H and O–H groups in total. The van der Waals surface area contributed by atoms with Gasteiger partial charge in [0.1, 0.15) is 11.6 Å². The standard InChI is InChI=1S/C22H24FN5O4S/c1-26(14-20-24-19-5-3-2-4-18(19)22(30)25-20)15-21(29)27-10-12-28(13-11-27)33(31,32)17-8-6-16(23)7-9-17/h2-9H,10-15H2,1H3,(H,24,25,30). The molecule has 0 bridgehead atoms. The van der Waals surface area contributed by atoms with Gasteiger partial charge in [-0.3, -0.25) is 14.5 Å². The van der Waals surface area contributed by atoms with E-state index in [1.807, 2.05) is 6.07 Å². The molecule has 1 aliphatic rings. The maximum absolute atomic E-state index is 13.1. The van der Waals surface area contributed by atoms with Crippen LogP contribution in [0.25, 0.3) is 10.9 Å². The van der Waals surface area contributed by atoms with Gasteiger partial charge in [0.2, 0.25) is 15.9 Å². The molecule has 0 aliphatic carbocycles. The van der Waals surface area contributed by atoms with Crippen molar-refractivity contribution in [3.05, 3.63) is 70.5 Å². The number of aromatic amines is 1. The highest BCUT2D eigenvalue weighted by Gasteiger charge is 2.30. The molecule has 174 valence electrons. The van der Waals surface area contributed by atoms with Crippen molar-refractivity contribution in [1.82, 2.24) is 24.1 Å². The average Bonchev–Trinajstić information content (AvgIpc) is 2.79. The van der Waals surface area contributed by atoms with Crippen LogP contribution in [0.5, 0.6) is 0 Å². The summed E-state index contributed by atoms with van der Waals surface area (Å²) in [5.74, 6) is -0.180. The van der Waals surface area contributed by atoms with Gasteiger partial charge < -0.3 is 9.88 Å². The molecule has 11 heteroatoms. The van der Waals surface area contributed by atoms with Crippen molar-refractivity contribution in [2.75, 3.05) is 39.8 Å². The van der Waals surface area contributed by atoms with Gasteiger partial charge in [0.05, 0.1) is 28.9 Å². The summed E-state index contributed by atoms with van der Waals surface area (Å²) in [7, 11) is -1.99. The van der Waals surface area contributed by atoms with Crippen molar-refractivity contribution in [1.29, 1.82) is 0 Å². The van der Waals surface area contributed by atoms with E-state index in [4.69, 9.17) is 0 Å². The van der Waals surface area contributed by atoms with Crippen LogP contribution in [0.3, 0.4) is 0 Å². The fourth-order valence-corrected chi connectivity index (χ4v) is 5.21. The number of nitrogens with zero attached hydrogens (tertiary/aromatic N) is 4. The van der Waals surface area contributed by atoms with Gasteiger partial charge in [0.25, 0.3) is 5.56 Å². The third-order valence-electron chi connectivity index (χ3n) is 5.53. The van der Waals surface area contributed by atoms with Gasteiger partial charge in [-0.05, 0) is 43.4 Å². The minimum Gasteiger partial charge on any atom is -0.339 e. The molecule has 1 fully saturated rings. The van der Waals surface area contributed by atoms with Crippen LogP contribution in [0.2, 0.25) is 0 Å². The molecule has 4 rings (SSSR count). The number of piperazine rings is 1. The van der Waals surface area contributed by atoms with Gasteiger partial charge >= 0.3 is 0 Å². The summed E-state index contributed by atoms with van der Waals surface area (Å²) in [5.41, 5.74) is 0.364. The molecule has 1 amide bonds. The number of fused-ring (bicyclic) bond motifs is 1. The minimum absolute atomic E-state index is 0.0280.